The number of esters is 2. The first-order valence-corrected chi connectivity index (χ1v) is 8.14. The summed E-state index contributed by atoms with van der Waals surface area (Å²) in [5, 5.41) is 2.76. The Labute approximate surface area is 142 Å². The van der Waals surface area contributed by atoms with E-state index in [-0.39, 0.29) is 36.4 Å². The topological polar surface area (TPSA) is 97.5 Å². The number of rotatable bonds is 8. The molecule has 1 heterocycles. The molecule has 0 fully saturated rings. The number of carbonyl (C=O) groups excluding carboxylic acids is 3. The molecule has 0 spiro atoms. The summed E-state index contributed by atoms with van der Waals surface area (Å²) in [5.41, 5.74) is 1.44. The zero-order valence-corrected chi connectivity index (χ0v) is 14.9. The molecule has 0 radical (unpaired) electrons. The Morgan fingerprint density at radius 2 is 1.79 bits per heavy atom. The van der Waals surface area contributed by atoms with Crippen molar-refractivity contribution in [1.29, 1.82) is 0 Å². The molecule has 1 amide bonds. The van der Waals surface area contributed by atoms with E-state index in [4.69, 9.17) is 9.47 Å². The molecule has 1 rings (SSSR count). The molecule has 7 heteroatoms. The maximum Gasteiger partial charge on any atom is 0.355 e. The maximum absolute atomic E-state index is 12.2. The molecule has 2 N–H and O–H groups in total. The molecular formula is C17H26N2O5. The summed E-state index contributed by atoms with van der Waals surface area (Å²) in [6.07, 6.45) is 1.82. The molecule has 0 unspecified atom stereocenters. The van der Waals surface area contributed by atoms with Gasteiger partial charge in [-0.1, -0.05) is 13.3 Å². The predicted molar refractivity (Wildman–Crippen MR) is 89.0 cm³/mol. The van der Waals surface area contributed by atoms with Crippen molar-refractivity contribution in [2.45, 2.75) is 53.5 Å². The van der Waals surface area contributed by atoms with Crippen LogP contribution in [0.4, 0.5) is 0 Å². The van der Waals surface area contributed by atoms with Gasteiger partial charge in [-0.25, -0.2) is 9.59 Å². The highest BCUT2D eigenvalue weighted by Gasteiger charge is 2.24. The Hall–Kier alpha value is -2.31. The first-order valence-electron chi connectivity index (χ1n) is 8.14. The van der Waals surface area contributed by atoms with Gasteiger partial charge in [0.05, 0.1) is 12.2 Å². The van der Waals surface area contributed by atoms with E-state index in [1.807, 2.05) is 13.8 Å². The van der Waals surface area contributed by atoms with E-state index in [2.05, 4.69) is 10.3 Å². The van der Waals surface area contributed by atoms with Crippen molar-refractivity contribution in [3.05, 3.63) is 22.5 Å². The van der Waals surface area contributed by atoms with Crippen molar-refractivity contribution in [1.82, 2.24) is 10.3 Å². The van der Waals surface area contributed by atoms with Crippen LogP contribution in [0.25, 0.3) is 0 Å². The molecule has 1 atom stereocenters. The van der Waals surface area contributed by atoms with Gasteiger partial charge in [0.2, 0.25) is 0 Å². The van der Waals surface area contributed by atoms with E-state index in [0.29, 0.717) is 11.3 Å². The number of aryl methyl sites for hydroxylation is 1. The summed E-state index contributed by atoms with van der Waals surface area (Å²) in [6, 6.07) is 0.0346. The van der Waals surface area contributed by atoms with E-state index < -0.39 is 11.9 Å². The largest absolute Gasteiger partial charge is 0.461 e. The van der Waals surface area contributed by atoms with E-state index in [1.165, 1.54) is 0 Å². The minimum absolute atomic E-state index is 0.0346. The zero-order chi connectivity index (χ0) is 18.3. The summed E-state index contributed by atoms with van der Waals surface area (Å²) in [6.45, 7) is 8.82. The zero-order valence-electron chi connectivity index (χ0n) is 14.9. The van der Waals surface area contributed by atoms with Crippen molar-refractivity contribution in [3.8, 4) is 0 Å². The Kier molecular flexibility index (Phi) is 7.48. The van der Waals surface area contributed by atoms with Gasteiger partial charge < -0.3 is 19.8 Å². The molecule has 0 saturated carbocycles. The smallest absolute Gasteiger partial charge is 0.355 e. The number of aromatic nitrogens is 1. The number of nitrogens with one attached hydrogen (secondary N) is 2. The quantitative estimate of drug-likeness (QED) is 0.709. The van der Waals surface area contributed by atoms with Crippen LogP contribution in [0.15, 0.2) is 0 Å². The number of H-pyrrole nitrogens is 1. The fourth-order valence-corrected chi connectivity index (χ4v) is 2.49. The highest BCUT2D eigenvalue weighted by atomic mass is 16.5. The third kappa shape index (κ3) is 5.11. The summed E-state index contributed by atoms with van der Waals surface area (Å²) < 4.78 is 10.00. The summed E-state index contributed by atoms with van der Waals surface area (Å²) in [7, 11) is 0. The lowest BCUT2D eigenvalue weighted by Gasteiger charge is -2.12. The highest BCUT2D eigenvalue weighted by Crippen LogP contribution is 2.19. The van der Waals surface area contributed by atoms with Gasteiger partial charge in [0.25, 0.3) is 5.91 Å². The SMILES string of the molecule is CCC[C@@H](C)NC(=O)COC(=O)c1c(C)[nH]c(C(=O)OCC)c1C. The Balaban J connectivity index is 2.72. The van der Waals surface area contributed by atoms with Crippen LogP contribution in [0.3, 0.4) is 0 Å². The van der Waals surface area contributed by atoms with Gasteiger partial charge in [0.1, 0.15) is 5.69 Å². The maximum atomic E-state index is 12.2. The van der Waals surface area contributed by atoms with Gasteiger partial charge in [-0.2, -0.15) is 0 Å². The summed E-state index contributed by atoms with van der Waals surface area (Å²) >= 11 is 0. The van der Waals surface area contributed by atoms with Crippen molar-refractivity contribution in [2.24, 2.45) is 0 Å². The molecule has 0 aliphatic heterocycles. The number of carbonyl (C=O) groups is 3. The number of hydrogen-bond acceptors (Lipinski definition) is 5. The fraction of sp³-hybridized carbons (Fsp3) is 0.588. The van der Waals surface area contributed by atoms with Crippen LogP contribution >= 0.6 is 0 Å². The lowest BCUT2D eigenvalue weighted by Crippen LogP contribution is -2.35. The van der Waals surface area contributed by atoms with Crippen LogP contribution in [-0.4, -0.2) is 42.1 Å². The molecule has 24 heavy (non-hydrogen) atoms. The standard InChI is InChI=1S/C17H26N2O5/c1-6-8-10(3)18-13(20)9-24-16(21)14-11(4)15(19-12(14)5)17(22)23-7-2/h10,19H,6-9H2,1-5H3,(H,18,20)/t10-/m1/s1. The molecule has 0 aliphatic rings. The van der Waals surface area contributed by atoms with Gasteiger partial charge in [-0.05, 0) is 39.7 Å². The van der Waals surface area contributed by atoms with Crippen LogP contribution in [0.2, 0.25) is 0 Å². The predicted octanol–water partition coefficient (Wildman–Crippen LogP) is 2.27. The second kappa shape index (κ2) is 9.10. The van der Waals surface area contributed by atoms with Gasteiger partial charge in [0, 0.05) is 11.7 Å². The molecule has 7 nitrogen and oxygen atoms in total. The van der Waals surface area contributed by atoms with Gasteiger partial charge in [0.15, 0.2) is 6.61 Å². The number of aromatic amines is 1. The third-order valence-corrected chi connectivity index (χ3v) is 3.58. The molecular weight excluding hydrogens is 312 g/mol. The molecule has 1 aromatic rings. The summed E-state index contributed by atoms with van der Waals surface area (Å²) in [4.78, 5) is 38.7. The molecule has 0 aromatic carbocycles. The third-order valence-electron chi connectivity index (χ3n) is 3.58. The van der Waals surface area contributed by atoms with Crippen LogP contribution in [0, 0.1) is 13.8 Å². The Bertz CT molecular complexity index is 606. The van der Waals surface area contributed by atoms with Crippen LogP contribution in [0.1, 0.15) is 65.7 Å². The average Bonchev–Trinajstić information content (AvgIpc) is 2.80. The normalized spacial score (nSPS) is 11.7. The van der Waals surface area contributed by atoms with Gasteiger partial charge >= 0.3 is 11.9 Å². The summed E-state index contributed by atoms with van der Waals surface area (Å²) in [5.74, 6) is -1.51. The van der Waals surface area contributed by atoms with Crippen LogP contribution in [0.5, 0.6) is 0 Å². The number of amides is 1. The van der Waals surface area contributed by atoms with Crippen LogP contribution in [-0.2, 0) is 14.3 Å². The van der Waals surface area contributed by atoms with E-state index in [9.17, 15) is 14.4 Å². The minimum Gasteiger partial charge on any atom is -0.461 e. The van der Waals surface area contributed by atoms with E-state index in [0.717, 1.165) is 12.8 Å². The van der Waals surface area contributed by atoms with Crippen molar-refractivity contribution in [2.75, 3.05) is 13.2 Å². The van der Waals surface area contributed by atoms with Gasteiger partial charge in [-0.3, -0.25) is 4.79 Å². The molecule has 134 valence electrons. The van der Waals surface area contributed by atoms with Gasteiger partial charge in [-0.15, -0.1) is 0 Å². The van der Waals surface area contributed by atoms with Crippen molar-refractivity contribution < 1.29 is 23.9 Å². The van der Waals surface area contributed by atoms with E-state index in [1.54, 1.807) is 20.8 Å². The number of hydrogen-bond donors (Lipinski definition) is 2. The van der Waals surface area contributed by atoms with Crippen molar-refractivity contribution >= 4 is 17.8 Å². The van der Waals surface area contributed by atoms with E-state index >= 15 is 0 Å². The highest BCUT2D eigenvalue weighted by molar-refractivity contribution is 5.99. The Morgan fingerprint density at radius 3 is 2.38 bits per heavy atom. The minimum atomic E-state index is -0.643. The second-order valence-corrected chi connectivity index (χ2v) is 5.68. The lowest BCUT2D eigenvalue weighted by atomic mass is 10.1. The monoisotopic (exact) mass is 338 g/mol. The second-order valence-electron chi connectivity index (χ2n) is 5.68. The lowest BCUT2D eigenvalue weighted by molar-refractivity contribution is -0.124. The Morgan fingerprint density at radius 1 is 1.12 bits per heavy atom. The molecule has 1 aromatic heterocycles. The number of ether oxygens (including phenoxy) is 2. The molecule has 0 saturated heterocycles. The average molecular weight is 338 g/mol. The first-order chi connectivity index (χ1) is 11.3. The van der Waals surface area contributed by atoms with Crippen LogP contribution < -0.4 is 5.32 Å². The van der Waals surface area contributed by atoms with Crippen molar-refractivity contribution in [3.63, 3.8) is 0 Å². The molecule has 0 aliphatic carbocycles. The molecule has 0 bridgehead atoms. The fourth-order valence-electron chi connectivity index (χ4n) is 2.49. The first kappa shape index (κ1) is 19.7.